The Morgan fingerprint density at radius 2 is 1.86 bits per heavy atom. The van der Waals surface area contributed by atoms with Crippen LogP contribution in [0, 0.1) is 5.82 Å². The molecule has 2 saturated heterocycles. The number of amides is 2. The Balaban J connectivity index is 1.90. The molecule has 1 aromatic carbocycles. The second-order valence-corrected chi connectivity index (χ2v) is 5.77. The van der Waals surface area contributed by atoms with Gasteiger partial charge in [0.05, 0.1) is 6.04 Å². The van der Waals surface area contributed by atoms with Gasteiger partial charge >= 0.3 is 0 Å². The maximum atomic E-state index is 13.1. The molecule has 0 aliphatic carbocycles. The standard InChI is InChI=1S/C16H19FN2O3/c1-18-13(20)10-22-15(16(21)19-8-2-3-9-19)14(18)11-4-6-12(17)7-5-11/h4-7,14-15H,2-3,8-10H2,1H3/t14-,15-/m0/s1. The van der Waals surface area contributed by atoms with Crippen molar-refractivity contribution in [3.63, 3.8) is 0 Å². The Morgan fingerprint density at radius 1 is 1.23 bits per heavy atom. The molecule has 6 heteroatoms. The summed E-state index contributed by atoms with van der Waals surface area (Å²) >= 11 is 0. The first-order chi connectivity index (χ1) is 10.6. The molecular formula is C16H19FN2O3. The summed E-state index contributed by atoms with van der Waals surface area (Å²) in [6, 6.07) is 5.35. The maximum Gasteiger partial charge on any atom is 0.254 e. The van der Waals surface area contributed by atoms with Gasteiger partial charge in [0.2, 0.25) is 5.91 Å². The van der Waals surface area contributed by atoms with Gasteiger partial charge in [-0.1, -0.05) is 12.1 Å². The predicted octanol–water partition coefficient (Wildman–Crippen LogP) is 1.35. The molecule has 5 nitrogen and oxygen atoms in total. The minimum atomic E-state index is -0.730. The van der Waals surface area contributed by atoms with Crippen LogP contribution in [0.3, 0.4) is 0 Å². The Bertz CT molecular complexity index is 569. The average Bonchev–Trinajstić information content (AvgIpc) is 3.05. The number of carbonyl (C=O) groups excluding carboxylic acids is 2. The number of rotatable bonds is 2. The topological polar surface area (TPSA) is 49.9 Å². The van der Waals surface area contributed by atoms with E-state index in [9.17, 15) is 14.0 Å². The van der Waals surface area contributed by atoms with Crippen molar-refractivity contribution in [1.29, 1.82) is 0 Å². The second kappa shape index (κ2) is 6.04. The number of nitrogens with zero attached hydrogens (tertiary/aromatic N) is 2. The fourth-order valence-corrected chi connectivity index (χ4v) is 3.09. The summed E-state index contributed by atoms with van der Waals surface area (Å²) in [5.74, 6) is -0.622. The molecule has 0 saturated carbocycles. The van der Waals surface area contributed by atoms with Gasteiger partial charge in [-0.15, -0.1) is 0 Å². The highest BCUT2D eigenvalue weighted by molar-refractivity contribution is 5.86. The predicted molar refractivity (Wildman–Crippen MR) is 77.5 cm³/mol. The third-order valence-electron chi connectivity index (χ3n) is 4.36. The van der Waals surface area contributed by atoms with Crippen molar-refractivity contribution in [1.82, 2.24) is 9.80 Å². The van der Waals surface area contributed by atoms with Crippen LogP contribution in [0.4, 0.5) is 4.39 Å². The Labute approximate surface area is 128 Å². The van der Waals surface area contributed by atoms with E-state index in [1.165, 1.54) is 17.0 Å². The van der Waals surface area contributed by atoms with E-state index in [4.69, 9.17) is 4.74 Å². The first-order valence-electron chi connectivity index (χ1n) is 7.49. The van der Waals surface area contributed by atoms with Gasteiger partial charge in [-0.05, 0) is 30.5 Å². The molecule has 0 N–H and O–H groups in total. The van der Waals surface area contributed by atoms with Gasteiger partial charge in [-0.2, -0.15) is 0 Å². The van der Waals surface area contributed by atoms with Crippen LogP contribution in [-0.4, -0.2) is 54.5 Å². The van der Waals surface area contributed by atoms with Crippen molar-refractivity contribution in [2.24, 2.45) is 0 Å². The summed E-state index contributed by atoms with van der Waals surface area (Å²) in [6.07, 6.45) is 1.26. The molecule has 0 spiro atoms. The van der Waals surface area contributed by atoms with Gasteiger partial charge in [-0.3, -0.25) is 9.59 Å². The first-order valence-corrected chi connectivity index (χ1v) is 7.49. The monoisotopic (exact) mass is 306 g/mol. The summed E-state index contributed by atoms with van der Waals surface area (Å²) in [5.41, 5.74) is 0.703. The molecule has 2 amide bonds. The van der Waals surface area contributed by atoms with E-state index in [0.29, 0.717) is 5.56 Å². The molecule has 22 heavy (non-hydrogen) atoms. The highest BCUT2D eigenvalue weighted by Crippen LogP contribution is 2.31. The smallest absolute Gasteiger partial charge is 0.254 e. The van der Waals surface area contributed by atoms with E-state index in [1.807, 2.05) is 0 Å². The third-order valence-corrected chi connectivity index (χ3v) is 4.36. The minimum absolute atomic E-state index is 0.0915. The molecule has 0 radical (unpaired) electrons. The lowest BCUT2D eigenvalue weighted by Gasteiger charge is -2.39. The third kappa shape index (κ3) is 2.70. The Kier molecular flexibility index (Phi) is 4.11. The van der Waals surface area contributed by atoms with Gasteiger partial charge in [0.15, 0.2) is 6.10 Å². The number of hydrogen-bond acceptors (Lipinski definition) is 3. The lowest BCUT2D eigenvalue weighted by molar-refractivity contribution is -0.166. The maximum absolute atomic E-state index is 13.1. The van der Waals surface area contributed by atoms with E-state index in [-0.39, 0.29) is 24.2 Å². The van der Waals surface area contributed by atoms with Crippen LogP contribution in [0.5, 0.6) is 0 Å². The molecule has 118 valence electrons. The zero-order valence-electron chi connectivity index (χ0n) is 12.5. The fraction of sp³-hybridized carbons (Fsp3) is 0.500. The molecule has 2 heterocycles. The number of likely N-dealkylation sites (tertiary alicyclic amines) is 1. The van der Waals surface area contributed by atoms with Gasteiger partial charge in [0.25, 0.3) is 5.91 Å². The average molecular weight is 306 g/mol. The molecule has 2 fully saturated rings. The molecule has 2 atom stereocenters. The second-order valence-electron chi connectivity index (χ2n) is 5.77. The summed E-state index contributed by atoms with van der Waals surface area (Å²) < 4.78 is 18.7. The van der Waals surface area contributed by atoms with Crippen LogP contribution >= 0.6 is 0 Å². The van der Waals surface area contributed by atoms with Crippen molar-refractivity contribution in [2.75, 3.05) is 26.7 Å². The van der Waals surface area contributed by atoms with Crippen molar-refractivity contribution in [2.45, 2.75) is 25.0 Å². The normalized spacial score (nSPS) is 25.6. The largest absolute Gasteiger partial charge is 0.356 e. The first kappa shape index (κ1) is 15.0. The van der Waals surface area contributed by atoms with Crippen molar-refractivity contribution in [3.8, 4) is 0 Å². The zero-order valence-corrected chi connectivity index (χ0v) is 12.5. The number of likely N-dealkylation sites (N-methyl/N-ethyl adjacent to an activating group) is 1. The van der Waals surface area contributed by atoms with Crippen LogP contribution in [0.1, 0.15) is 24.4 Å². The van der Waals surface area contributed by atoms with Crippen LogP contribution in [-0.2, 0) is 14.3 Å². The summed E-state index contributed by atoms with van der Waals surface area (Å²) in [6.45, 7) is 1.36. The van der Waals surface area contributed by atoms with Gasteiger partial charge in [-0.25, -0.2) is 4.39 Å². The molecule has 0 bridgehead atoms. The van der Waals surface area contributed by atoms with Crippen LogP contribution in [0.2, 0.25) is 0 Å². The number of ether oxygens (including phenoxy) is 1. The number of halogens is 1. The van der Waals surface area contributed by atoms with E-state index in [2.05, 4.69) is 0 Å². The van der Waals surface area contributed by atoms with Crippen molar-refractivity contribution in [3.05, 3.63) is 35.6 Å². The highest BCUT2D eigenvalue weighted by atomic mass is 19.1. The Morgan fingerprint density at radius 3 is 2.50 bits per heavy atom. The van der Waals surface area contributed by atoms with E-state index in [0.717, 1.165) is 25.9 Å². The van der Waals surface area contributed by atoms with E-state index >= 15 is 0 Å². The molecule has 2 aliphatic rings. The van der Waals surface area contributed by atoms with Gasteiger partial charge < -0.3 is 14.5 Å². The number of carbonyl (C=O) groups is 2. The van der Waals surface area contributed by atoms with Crippen LogP contribution in [0.15, 0.2) is 24.3 Å². The number of morpholine rings is 1. The molecule has 0 aromatic heterocycles. The SMILES string of the molecule is CN1C(=O)CO[C@H](C(=O)N2CCCC2)[C@@H]1c1ccc(F)cc1. The van der Waals surface area contributed by atoms with E-state index in [1.54, 1.807) is 24.1 Å². The van der Waals surface area contributed by atoms with Crippen molar-refractivity contribution < 1.29 is 18.7 Å². The van der Waals surface area contributed by atoms with Crippen molar-refractivity contribution >= 4 is 11.8 Å². The van der Waals surface area contributed by atoms with Gasteiger partial charge in [0.1, 0.15) is 12.4 Å². The zero-order chi connectivity index (χ0) is 15.7. The lowest BCUT2D eigenvalue weighted by Crippen LogP contribution is -2.53. The quantitative estimate of drug-likeness (QED) is 0.828. The summed E-state index contributed by atoms with van der Waals surface area (Å²) in [4.78, 5) is 27.9. The van der Waals surface area contributed by atoms with E-state index < -0.39 is 12.1 Å². The molecule has 1 aromatic rings. The lowest BCUT2D eigenvalue weighted by atomic mass is 9.97. The molecule has 2 aliphatic heterocycles. The molecule has 0 unspecified atom stereocenters. The highest BCUT2D eigenvalue weighted by Gasteiger charge is 2.42. The summed E-state index contributed by atoms with van der Waals surface area (Å²) in [5, 5.41) is 0. The minimum Gasteiger partial charge on any atom is -0.356 e. The summed E-state index contributed by atoms with van der Waals surface area (Å²) in [7, 11) is 1.66. The number of benzene rings is 1. The molecule has 3 rings (SSSR count). The number of hydrogen-bond donors (Lipinski definition) is 0. The van der Waals surface area contributed by atoms with Crippen LogP contribution < -0.4 is 0 Å². The molecular weight excluding hydrogens is 287 g/mol. The Hall–Kier alpha value is -1.95. The van der Waals surface area contributed by atoms with Gasteiger partial charge in [0, 0.05) is 20.1 Å². The van der Waals surface area contributed by atoms with Crippen LogP contribution in [0.25, 0.3) is 0 Å². The fourth-order valence-electron chi connectivity index (χ4n) is 3.09.